The first-order valence-corrected chi connectivity index (χ1v) is 6.90. The minimum atomic E-state index is -0.0725. The predicted molar refractivity (Wildman–Crippen MR) is 71.3 cm³/mol. The minimum Gasteiger partial charge on any atom is -0.466 e. The second-order valence-corrected chi connectivity index (χ2v) is 5.10. The van der Waals surface area contributed by atoms with Gasteiger partial charge in [0.05, 0.1) is 13.0 Å². The van der Waals surface area contributed by atoms with Crippen LogP contribution in [0.15, 0.2) is 24.3 Å². The molecule has 0 spiro atoms. The molecule has 0 N–H and O–H groups in total. The maximum absolute atomic E-state index is 11.9. The first-order chi connectivity index (χ1) is 8.77. The number of benzene rings is 1. The number of rotatable bonds is 4. The fourth-order valence-corrected chi connectivity index (χ4v) is 2.98. The van der Waals surface area contributed by atoms with Gasteiger partial charge in [-0.3, -0.25) is 4.79 Å². The summed E-state index contributed by atoms with van der Waals surface area (Å²) in [7, 11) is 0. The first-order valence-electron chi connectivity index (χ1n) is 6.90. The Bertz CT molecular complexity index is 377. The van der Waals surface area contributed by atoms with Crippen LogP contribution in [-0.4, -0.2) is 12.6 Å². The maximum Gasteiger partial charge on any atom is 0.306 e. The molecule has 0 bridgehead atoms. The lowest BCUT2D eigenvalue weighted by Gasteiger charge is -2.37. The van der Waals surface area contributed by atoms with Crippen LogP contribution in [0, 0.1) is 6.07 Å². The Morgan fingerprint density at radius 3 is 2.72 bits per heavy atom. The second kappa shape index (κ2) is 6.03. The molecule has 0 atom stereocenters. The van der Waals surface area contributed by atoms with Crippen molar-refractivity contribution >= 4 is 5.97 Å². The molecule has 2 rings (SSSR count). The summed E-state index contributed by atoms with van der Waals surface area (Å²) in [6.45, 7) is 2.33. The monoisotopic (exact) mass is 245 g/mol. The Kier molecular flexibility index (Phi) is 4.40. The SMILES string of the molecule is CCOC(=O)CC1(c2[c]cccc2)CCCCC1. The van der Waals surface area contributed by atoms with Crippen molar-refractivity contribution in [1.29, 1.82) is 0 Å². The average molecular weight is 245 g/mol. The zero-order chi connectivity index (χ0) is 12.8. The van der Waals surface area contributed by atoms with Crippen molar-refractivity contribution in [3.05, 3.63) is 35.9 Å². The average Bonchev–Trinajstić information content (AvgIpc) is 2.41. The molecular formula is C16H21O2. The smallest absolute Gasteiger partial charge is 0.306 e. The third-order valence-electron chi connectivity index (χ3n) is 3.88. The summed E-state index contributed by atoms with van der Waals surface area (Å²) in [5, 5.41) is 0. The molecule has 0 unspecified atom stereocenters. The van der Waals surface area contributed by atoms with Gasteiger partial charge in [-0.25, -0.2) is 0 Å². The van der Waals surface area contributed by atoms with Crippen molar-refractivity contribution in [2.45, 2.75) is 50.9 Å². The minimum absolute atomic E-state index is 0.0359. The van der Waals surface area contributed by atoms with Gasteiger partial charge in [0.2, 0.25) is 0 Å². The number of hydrogen-bond acceptors (Lipinski definition) is 2. The van der Waals surface area contributed by atoms with Gasteiger partial charge >= 0.3 is 5.97 Å². The quantitative estimate of drug-likeness (QED) is 0.757. The van der Waals surface area contributed by atoms with Crippen LogP contribution >= 0.6 is 0 Å². The van der Waals surface area contributed by atoms with Gasteiger partial charge in [-0.1, -0.05) is 43.5 Å². The second-order valence-electron chi connectivity index (χ2n) is 5.10. The van der Waals surface area contributed by atoms with Crippen LogP contribution < -0.4 is 0 Å². The molecule has 1 aromatic carbocycles. The Hall–Kier alpha value is -1.31. The van der Waals surface area contributed by atoms with Crippen LogP contribution in [0.25, 0.3) is 0 Å². The lowest BCUT2D eigenvalue weighted by Crippen LogP contribution is -2.32. The number of esters is 1. The molecule has 2 heteroatoms. The van der Waals surface area contributed by atoms with E-state index < -0.39 is 0 Å². The number of hydrogen-bond donors (Lipinski definition) is 0. The first kappa shape index (κ1) is 13.1. The topological polar surface area (TPSA) is 26.3 Å². The van der Waals surface area contributed by atoms with Crippen LogP contribution in [0.4, 0.5) is 0 Å². The largest absolute Gasteiger partial charge is 0.466 e. The highest BCUT2D eigenvalue weighted by Crippen LogP contribution is 2.42. The van der Waals surface area contributed by atoms with Crippen LogP contribution in [-0.2, 0) is 14.9 Å². The van der Waals surface area contributed by atoms with Crippen molar-refractivity contribution in [2.75, 3.05) is 6.61 Å². The summed E-state index contributed by atoms with van der Waals surface area (Å²) in [5.41, 5.74) is 1.14. The van der Waals surface area contributed by atoms with Gasteiger partial charge in [-0.15, -0.1) is 0 Å². The zero-order valence-electron chi connectivity index (χ0n) is 11.1. The van der Waals surface area contributed by atoms with Gasteiger partial charge in [0.15, 0.2) is 0 Å². The van der Waals surface area contributed by atoms with E-state index in [9.17, 15) is 4.79 Å². The van der Waals surface area contributed by atoms with E-state index in [2.05, 4.69) is 12.1 Å². The molecule has 0 aromatic heterocycles. The van der Waals surface area contributed by atoms with Crippen molar-refractivity contribution in [3.63, 3.8) is 0 Å². The van der Waals surface area contributed by atoms with Gasteiger partial charge in [0, 0.05) is 5.41 Å². The molecule has 1 aliphatic rings. The fraction of sp³-hybridized carbons (Fsp3) is 0.562. The van der Waals surface area contributed by atoms with E-state index in [0.717, 1.165) is 12.8 Å². The summed E-state index contributed by atoms with van der Waals surface area (Å²) in [6, 6.07) is 11.4. The molecule has 1 radical (unpaired) electrons. The van der Waals surface area contributed by atoms with E-state index in [1.165, 1.54) is 24.8 Å². The molecule has 18 heavy (non-hydrogen) atoms. The molecule has 0 saturated heterocycles. The highest BCUT2D eigenvalue weighted by atomic mass is 16.5. The molecule has 1 fully saturated rings. The third kappa shape index (κ3) is 2.92. The Labute approximate surface area is 109 Å². The van der Waals surface area contributed by atoms with Crippen LogP contribution in [0.5, 0.6) is 0 Å². The molecular weight excluding hydrogens is 224 g/mol. The van der Waals surface area contributed by atoms with Gasteiger partial charge in [0.25, 0.3) is 0 Å². The summed E-state index contributed by atoms with van der Waals surface area (Å²) in [6.07, 6.45) is 6.32. The molecule has 2 nitrogen and oxygen atoms in total. The van der Waals surface area contributed by atoms with E-state index in [-0.39, 0.29) is 11.4 Å². The lowest BCUT2D eigenvalue weighted by molar-refractivity contribution is -0.145. The van der Waals surface area contributed by atoms with E-state index in [0.29, 0.717) is 13.0 Å². The van der Waals surface area contributed by atoms with Gasteiger partial charge in [-0.05, 0) is 31.4 Å². The Morgan fingerprint density at radius 2 is 2.11 bits per heavy atom. The van der Waals surface area contributed by atoms with Crippen molar-refractivity contribution in [2.24, 2.45) is 0 Å². The molecule has 1 saturated carbocycles. The summed E-state index contributed by atoms with van der Waals surface area (Å²) < 4.78 is 5.14. The summed E-state index contributed by atoms with van der Waals surface area (Å²) >= 11 is 0. The Morgan fingerprint density at radius 1 is 1.33 bits per heavy atom. The van der Waals surface area contributed by atoms with Crippen LogP contribution in [0.3, 0.4) is 0 Å². The molecule has 0 heterocycles. The van der Waals surface area contributed by atoms with Crippen LogP contribution in [0.1, 0.15) is 51.0 Å². The molecule has 0 aliphatic heterocycles. The third-order valence-corrected chi connectivity index (χ3v) is 3.88. The maximum atomic E-state index is 11.9. The highest BCUT2D eigenvalue weighted by Gasteiger charge is 2.36. The molecule has 1 aromatic rings. The van der Waals surface area contributed by atoms with Gasteiger partial charge in [0.1, 0.15) is 0 Å². The van der Waals surface area contributed by atoms with E-state index >= 15 is 0 Å². The molecule has 1 aliphatic carbocycles. The molecule has 0 amide bonds. The van der Waals surface area contributed by atoms with E-state index in [1.807, 2.05) is 25.1 Å². The Balaban J connectivity index is 2.20. The van der Waals surface area contributed by atoms with Gasteiger partial charge < -0.3 is 4.74 Å². The zero-order valence-corrected chi connectivity index (χ0v) is 11.1. The standard InChI is InChI=1S/C16H21O2/c1-2-18-15(17)13-16(11-7-4-8-12-16)14-9-5-3-6-10-14/h3,5-6,9H,2,4,7-8,11-13H2,1H3. The fourth-order valence-electron chi connectivity index (χ4n) is 2.98. The summed E-state index contributed by atoms with van der Waals surface area (Å²) in [5.74, 6) is -0.0725. The highest BCUT2D eigenvalue weighted by molar-refractivity contribution is 5.71. The predicted octanol–water partition coefficient (Wildman–Crippen LogP) is 3.64. The number of carbonyl (C=O) groups excluding carboxylic acids is 1. The normalized spacial score (nSPS) is 18.3. The number of ether oxygens (including phenoxy) is 1. The van der Waals surface area contributed by atoms with Crippen LogP contribution in [0.2, 0.25) is 0 Å². The lowest BCUT2D eigenvalue weighted by atomic mass is 9.67. The van der Waals surface area contributed by atoms with E-state index in [1.54, 1.807) is 0 Å². The van der Waals surface area contributed by atoms with Gasteiger partial charge in [-0.2, -0.15) is 0 Å². The van der Waals surface area contributed by atoms with Crippen molar-refractivity contribution < 1.29 is 9.53 Å². The van der Waals surface area contributed by atoms with Crippen molar-refractivity contribution in [3.8, 4) is 0 Å². The van der Waals surface area contributed by atoms with E-state index in [4.69, 9.17) is 4.74 Å². The van der Waals surface area contributed by atoms with Crippen molar-refractivity contribution in [1.82, 2.24) is 0 Å². The number of carbonyl (C=O) groups is 1. The molecule has 97 valence electrons. The summed E-state index contributed by atoms with van der Waals surface area (Å²) in [4.78, 5) is 11.9.